The average Bonchev–Trinajstić information content (AvgIpc) is 2.62. The highest BCUT2D eigenvalue weighted by Crippen LogP contribution is 2.29. The summed E-state index contributed by atoms with van der Waals surface area (Å²) in [4.78, 5) is 18.9. The lowest BCUT2D eigenvalue weighted by Crippen LogP contribution is -2.38. The van der Waals surface area contributed by atoms with Gasteiger partial charge in [-0.05, 0) is 56.4 Å². The summed E-state index contributed by atoms with van der Waals surface area (Å²) in [7, 11) is 0. The molecule has 0 aliphatic carbocycles. The van der Waals surface area contributed by atoms with E-state index < -0.39 is 0 Å². The highest BCUT2D eigenvalue weighted by atomic mass is 16.5. The van der Waals surface area contributed by atoms with Gasteiger partial charge in [-0.3, -0.25) is 4.79 Å². The van der Waals surface area contributed by atoms with Gasteiger partial charge >= 0.3 is 0 Å². The third kappa shape index (κ3) is 4.29. The highest BCUT2D eigenvalue weighted by Gasteiger charge is 2.25. The van der Waals surface area contributed by atoms with Gasteiger partial charge in [-0.1, -0.05) is 18.2 Å². The summed E-state index contributed by atoms with van der Waals surface area (Å²) in [5, 5.41) is 9.40. The number of amides is 1. The molecule has 0 unspecified atom stereocenters. The second kappa shape index (κ2) is 7.55. The standard InChI is InChI=1S/C20H24N2O3/c1-14(2)25-19-5-3-4-18(21-19)20(24)22-12-10-16(11-13-22)15-6-8-17(23)9-7-15/h3-9,14,16,23H,10-13H2,1-2H3. The second-order valence-electron chi connectivity index (χ2n) is 6.69. The van der Waals surface area contributed by atoms with Gasteiger partial charge in [-0.15, -0.1) is 0 Å². The molecule has 2 heterocycles. The number of carbonyl (C=O) groups is 1. The number of hydrogen-bond acceptors (Lipinski definition) is 4. The van der Waals surface area contributed by atoms with E-state index in [0.29, 0.717) is 30.6 Å². The Kier molecular flexibility index (Phi) is 5.22. The summed E-state index contributed by atoms with van der Waals surface area (Å²) >= 11 is 0. The summed E-state index contributed by atoms with van der Waals surface area (Å²) < 4.78 is 5.57. The Balaban J connectivity index is 1.62. The van der Waals surface area contributed by atoms with Crippen LogP contribution in [0, 0.1) is 0 Å². The minimum atomic E-state index is -0.0432. The minimum absolute atomic E-state index is 0.0268. The molecule has 0 spiro atoms. The fraction of sp³-hybridized carbons (Fsp3) is 0.400. The molecule has 0 radical (unpaired) electrons. The van der Waals surface area contributed by atoms with Crippen LogP contribution in [0.1, 0.15) is 48.7 Å². The monoisotopic (exact) mass is 340 g/mol. The molecule has 5 nitrogen and oxygen atoms in total. The molecule has 1 aliphatic rings. The van der Waals surface area contributed by atoms with Gasteiger partial charge in [0.05, 0.1) is 6.10 Å². The van der Waals surface area contributed by atoms with Crippen LogP contribution in [0.25, 0.3) is 0 Å². The molecule has 1 N–H and O–H groups in total. The van der Waals surface area contributed by atoms with Crippen molar-refractivity contribution in [2.75, 3.05) is 13.1 Å². The largest absolute Gasteiger partial charge is 0.508 e. The summed E-state index contributed by atoms with van der Waals surface area (Å²) in [5.41, 5.74) is 1.65. The van der Waals surface area contributed by atoms with Gasteiger partial charge in [-0.2, -0.15) is 0 Å². The molecule has 3 rings (SSSR count). The third-order valence-electron chi connectivity index (χ3n) is 4.45. The van der Waals surface area contributed by atoms with Crippen molar-refractivity contribution < 1.29 is 14.6 Å². The lowest BCUT2D eigenvalue weighted by molar-refractivity contribution is 0.0705. The van der Waals surface area contributed by atoms with Crippen LogP contribution in [0.5, 0.6) is 11.6 Å². The van der Waals surface area contributed by atoms with Crippen molar-refractivity contribution in [1.82, 2.24) is 9.88 Å². The van der Waals surface area contributed by atoms with Gasteiger partial charge < -0.3 is 14.7 Å². The molecule has 0 saturated carbocycles. The Morgan fingerprint density at radius 1 is 1.16 bits per heavy atom. The predicted molar refractivity (Wildman–Crippen MR) is 96.0 cm³/mol. The fourth-order valence-electron chi connectivity index (χ4n) is 3.17. The number of rotatable bonds is 4. The van der Waals surface area contributed by atoms with Crippen LogP contribution in [-0.2, 0) is 0 Å². The lowest BCUT2D eigenvalue weighted by Gasteiger charge is -2.32. The maximum atomic E-state index is 12.7. The van der Waals surface area contributed by atoms with Gasteiger partial charge in [0.25, 0.3) is 5.91 Å². The number of pyridine rings is 1. The molecular formula is C20H24N2O3. The van der Waals surface area contributed by atoms with Crippen molar-refractivity contribution in [2.24, 2.45) is 0 Å². The zero-order valence-corrected chi connectivity index (χ0v) is 14.7. The molecular weight excluding hydrogens is 316 g/mol. The van der Waals surface area contributed by atoms with E-state index in [1.807, 2.05) is 30.9 Å². The number of benzene rings is 1. The Morgan fingerprint density at radius 2 is 1.84 bits per heavy atom. The zero-order valence-electron chi connectivity index (χ0n) is 14.7. The van der Waals surface area contributed by atoms with E-state index in [2.05, 4.69) is 4.98 Å². The van der Waals surface area contributed by atoms with Gasteiger partial charge in [0.1, 0.15) is 11.4 Å². The normalized spacial score (nSPS) is 15.4. The number of aromatic nitrogens is 1. The van der Waals surface area contributed by atoms with E-state index in [4.69, 9.17) is 4.74 Å². The molecule has 25 heavy (non-hydrogen) atoms. The summed E-state index contributed by atoms with van der Waals surface area (Å²) in [6.07, 6.45) is 1.86. The van der Waals surface area contributed by atoms with Crippen molar-refractivity contribution in [1.29, 1.82) is 0 Å². The number of piperidine rings is 1. The molecule has 5 heteroatoms. The van der Waals surface area contributed by atoms with Crippen molar-refractivity contribution in [3.63, 3.8) is 0 Å². The van der Waals surface area contributed by atoms with Gasteiger partial charge in [-0.25, -0.2) is 4.98 Å². The van der Waals surface area contributed by atoms with Crippen LogP contribution in [0.3, 0.4) is 0 Å². The van der Waals surface area contributed by atoms with Crippen molar-refractivity contribution in [3.05, 3.63) is 53.7 Å². The Bertz CT molecular complexity index is 720. The van der Waals surface area contributed by atoms with Gasteiger partial charge in [0.15, 0.2) is 0 Å². The Hall–Kier alpha value is -2.56. The first-order valence-corrected chi connectivity index (χ1v) is 8.75. The van der Waals surface area contributed by atoms with Crippen LogP contribution in [0.2, 0.25) is 0 Å². The maximum Gasteiger partial charge on any atom is 0.272 e. The molecule has 2 aromatic rings. The number of likely N-dealkylation sites (tertiary alicyclic amines) is 1. The number of hydrogen-bond donors (Lipinski definition) is 1. The molecule has 0 bridgehead atoms. The first-order valence-electron chi connectivity index (χ1n) is 8.75. The van der Waals surface area contributed by atoms with Crippen molar-refractivity contribution >= 4 is 5.91 Å². The van der Waals surface area contributed by atoms with Crippen LogP contribution in [0.15, 0.2) is 42.5 Å². The molecule has 1 fully saturated rings. The molecule has 1 aliphatic heterocycles. The third-order valence-corrected chi connectivity index (χ3v) is 4.45. The van der Waals surface area contributed by atoms with E-state index >= 15 is 0 Å². The highest BCUT2D eigenvalue weighted by molar-refractivity contribution is 5.92. The number of aromatic hydroxyl groups is 1. The molecule has 0 atom stereocenters. The molecule has 1 aromatic carbocycles. The SMILES string of the molecule is CC(C)Oc1cccc(C(=O)N2CCC(c3ccc(O)cc3)CC2)n1. The number of ether oxygens (including phenoxy) is 1. The number of phenolic OH excluding ortho intramolecular Hbond substituents is 1. The van der Waals surface area contributed by atoms with E-state index in [1.165, 1.54) is 5.56 Å². The first-order chi connectivity index (χ1) is 12.0. The zero-order chi connectivity index (χ0) is 17.8. The van der Waals surface area contributed by atoms with Crippen LogP contribution >= 0.6 is 0 Å². The van der Waals surface area contributed by atoms with Crippen LogP contribution in [0.4, 0.5) is 0 Å². The topological polar surface area (TPSA) is 62.7 Å². The van der Waals surface area contributed by atoms with E-state index in [1.54, 1.807) is 30.3 Å². The molecule has 1 aromatic heterocycles. The number of phenols is 1. The average molecular weight is 340 g/mol. The summed E-state index contributed by atoms with van der Waals surface area (Å²) in [5.74, 6) is 1.15. The Labute approximate surface area is 148 Å². The van der Waals surface area contributed by atoms with E-state index in [0.717, 1.165) is 12.8 Å². The minimum Gasteiger partial charge on any atom is -0.508 e. The number of carbonyl (C=O) groups excluding carboxylic acids is 1. The summed E-state index contributed by atoms with van der Waals surface area (Å²) in [6.45, 7) is 5.29. The summed E-state index contributed by atoms with van der Waals surface area (Å²) in [6, 6.07) is 12.7. The number of nitrogens with zero attached hydrogens (tertiary/aromatic N) is 2. The van der Waals surface area contributed by atoms with Gasteiger partial charge in [0.2, 0.25) is 5.88 Å². The van der Waals surface area contributed by atoms with Crippen molar-refractivity contribution in [2.45, 2.75) is 38.7 Å². The van der Waals surface area contributed by atoms with Crippen LogP contribution < -0.4 is 4.74 Å². The maximum absolute atomic E-state index is 12.7. The molecule has 1 amide bonds. The predicted octanol–water partition coefficient (Wildman–Crippen LogP) is 3.59. The Morgan fingerprint density at radius 3 is 2.48 bits per heavy atom. The second-order valence-corrected chi connectivity index (χ2v) is 6.69. The van der Waals surface area contributed by atoms with Crippen LogP contribution in [-0.4, -0.2) is 40.1 Å². The first kappa shape index (κ1) is 17.3. The molecule has 132 valence electrons. The fourth-order valence-corrected chi connectivity index (χ4v) is 3.17. The quantitative estimate of drug-likeness (QED) is 0.924. The molecule has 1 saturated heterocycles. The lowest BCUT2D eigenvalue weighted by atomic mass is 9.89. The van der Waals surface area contributed by atoms with E-state index in [9.17, 15) is 9.90 Å². The van der Waals surface area contributed by atoms with E-state index in [-0.39, 0.29) is 17.8 Å². The van der Waals surface area contributed by atoms with Crippen molar-refractivity contribution in [3.8, 4) is 11.6 Å². The smallest absolute Gasteiger partial charge is 0.272 e. The van der Waals surface area contributed by atoms with Gasteiger partial charge in [0, 0.05) is 19.2 Å².